The van der Waals surface area contributed by atoms with Crippen LogP contribution in [0.3, 0.4) is 0 Å². The van der Waals surface area contributed by atoms with E-state index in [2.05, 4.69) is 69.3 Å². The molecule has 1 nitrogen and oxygen atoms in total. The molecular weight excluding hydrogens is 230 g/mol. The third-order valence-corrected chi connectivity index (χ3v) is 3.38. The molecule has 0 heterocycles. The van der Waals surface area contributed by atoms with Crippen LogP contribution >= 0.6 is 0 Å². The van der Waals surface area contributed by atoms with Crippen LogP contribution in [0.2, 0.25) is 0 Å². The largest absolute Gasteiger partial charge is 0.328 e. The van der Waals surface area contributed by atoms with Crippen LogP contribution in [-0.2, 0) is 6.42 Å². The number of nitrogens with two attached hydrogens (primary N) is 1. The molecule has 0 fully saturated rings. The normalized spacial score (nSPS) is 12.7. The highest BCUT2D eigenvalue weighted by molar-refractivity contribution is 5.68. The molecule has 2 rings (SSSR count). The van der Waals surface area contributed by atoms with Crippen LogP contribution in [-0.4, -0.2) is 6.04 Å². The van der Waals surface area contributed by atoms with E-state index in [0.717, 1.165) is 6.42 Å². The fourth-order valence-electron chi connectivity index (χ4n) is 2.47. The fraction of sp³-hybridized carbons (Fsp3) is 0.333. The quantitative estimate of drug-likeness (QED) is 0.860. The van der Waals surface area contributed by atoms with E-state index in [1.165, 1.54) is 22.3 Å². The molecule has 1 heteroatoms. The van der Waals surface area contributed by atoms with Crippen LogP contribution in [0.25, 0.3) is 11.1 Å². The predicted molar refractivity (Wildman–Crippen MR) is 83.3 cm³/mol. The molecule has 0 radical (unpaired) electrons. The van der Waals surface area contributed by atoms with Crippen molar-refractivity contribution in [3.63, 3.8) is 0 Å². The summed E-state index contributed by atoms with van der Waals surface area (Å²) in [7, 11) is 0. The minimum atomic E-state index is 0.202. The summed E-state index contributed by atoms with van der Waals surface area (Å²) in [6, 6.07) is 17.6. The van der Waals surface area contributed by atoms with Crippen molar-refractivity contribution < 1.29 is 0 Å². The van der Waals surface area contributed by atoms with E-state index in [0.29, 0.717) is 5.92 Å². The molecule has 0 aliphatic rings. The maximum atomic E-state index is 5.91. The van der Waals surface area contributed by atoms with Crippen molar-refractivity contribution in [1.29, 1.82) is 0 Å². The molecule has 0 bridgehead atoms. The highest BCUT2D eigenvalue weighted by atomic mass is 14.6. The summed E-state index contributed by atoms with van der Waals surface area (Å²) in [5.41, 5.74) is 11.3. The molecule has 0 saturated heterocycles. The van der Waals surface area contributed by atoms with Crippen molar-refractivity contribution in [1.82, 2.24) is 0 Å². The highest BCUT2D eigenvalue weighted by Gasteiger charge is 2.10. The van der Waals surface area contributed by atoms with Gasteiger partial charge in [-0.05, 0) is 41.5 Å². The summed E-state index contributed by atoms with van der Waals surface area (Å²) in [6.07, 6.45) is 0.929. The monoisotopic (exact) mass is 253 g/mol. The number of rotatable bonds is 4. The molecular formula is C18H23N. The number of hydrogen-bond acceptors (Lipinski definition) is 1. The zero-order chi connectivity index (χ0) is 13.8. The Morgan fingerprint density at radius 3 is 2.21 bits per heavy atom. The lowest BCUT2D eigenvalue weighted by molar-refractivity contribution is 0.737. The minimum Gasteiger partial charge on any atom is -0.328 e. The van der Waals surface area contributed by atoms with Gasteiger partial charge in [0.05, 0.1) is 0 Å². The van der Waals surface area contributed by atoms with Gasteiger partial charge in [-0.25, -0.2) is 0 Å². The molecule has 0 saturated carbocycles. The van der Waals surface area contributed by atoms with Gasteiger partial charge in [-0.1, -0.05) is 62.4 Å². The van der Waals surface area contributed by atoms with Gasteiger partial charge in [0.15, 0.2) is 0 Å². The molecule has 2 N–H and O–H groups in total. The van der Waals surface area contributed by atoms with Crippen LogP contribution < -0.4 is 5.73 Å². The first kappa shape index (κ1) is 13.8. The summed E-state index contributed by atoms with van der Waals surface area (Å²) in [5.74, 6) is 0.527. The summed E-state index contributed by atoms with van der Waals surface area (Å²) in [4.78, 5) is 0. The van der Waals surface area contributed by atoms with Crippen molar-refractivity contribution in [2.45, 2.75) is 39.2 Å². The lowest BCUT2D eigenvalue weighted by atomic mass is 9.90. The zero-order valence-electron chi connectivity index (χ0n) is 12.1. The first-order chi connectivity index (χ1) is 9.08. The van der Waals surface area contributed by atoms with Gasteiger partial charge >= 0.3 is 0 Å². The molecule has 19 heavy (non-hydrogen) atoms. The Kier molecular flexibility index (Phi) is 4.39. The van der Waals surface area contributed by atoms with Crippen LogP contribution in [0.1, 0.15) is 37.8 Å². The van der Waals surface area contributed by atoms with Gasteiger partial charge in [0.2, 0.25) is 0 Å². The standard InChI is InChI=1S/C18H23N/c1-13(2)17-10-9-15(11-14(3)19)12-18(17)16-7-5-4-6-8-16/h4-10,12-14H,11,19H2,1-3H3. The molecule has 100 valence electrons. The Morgan fingerprint density at radius 1 is 0.947 bits per heavy atom. The summed E-state index contributed by atoms with van der Waals surface area (Å²) >= 11 is 0. The maximum absolute atomic E-state index is 5.91. The van der Waals surface area contributed by atoms with Crippen LogP contribution in [0.4, 0.5) is 0 Å². The van der Waals surface area contributed by atoms with Crippen molar-refractivity contribution in [3.05, 3.63) is 59.7 Å². The molecule has 2 aromatic carbocycles. The van der Waals surface area contributed by atoms with Gasteiger partial charge in [-0.3, -0.25) is 0 Å². The third-order valence-electron chi connectivity index (χ3n) is 3.38. The zero-order valence-corrected chi connectivity index (χ0v) is 12.1. The Hall–Kier alpha value is -1.60. The number of hydrogen-bond donors (Lipinski definition) is 1. The SMILES string of the molecule is CC(N)Cc1ccc(C(C)C)c(-c2ccccc2)c1. The van der Waals surface area contributed by atoms with E-state index >= 15 is 0 Å². The molecule has 1 atom stereocenters. The maximum Gasteiger partial charge on any atom is 0.00509 e. The Morgan fingerprint density at radius 2 is 1.63 bits per heavy atom. The fourth-order valence-corrected chi connectivity index (χ4v) is 2.47. The molecule has 0 spiro atoms. The average molecular weight is 253 g/mol. The second kappa shape index (κ2) is 6.03. The van der Waals surface area contributed by atoms with Gasteiger partial charge in [0, 0.05) is 6.04 Å². The smallest absolute Gasteiger partial charge is 0.00509 e. The van der Waals surface area contributed by atoms with Crippen LogP contribution in [0.15, 0.2) is 48.5 Å². The Labute approximate surface area is 116 Å². The number of benzene rings is 2. The van der Waals surface area contributed by atoms with E-state index in [-0.39, 0.29) is 6.04 Å². The van der Waals surface area contributed by atoms with Gasteiger partial charge in [-0.2, -0.15) is 0 Å². The second-order valence-corrected chi connectivity index (χ2v) is 5.62. The van der Waals surface area contributed by atoms with E-state index < -0.39 is 0 Å². The summed E-state index contributed by atoms with van der Waals surface area (Å²) < 4.78 is 0. The first-order valence-corrected chi connectivity index (χ1v) is 7.01. The van der Waals surface area contributed by atoms with Crippen molar-refractivity contribution in [2.24, 2.45) is 5.73 Å². The van der Waals surface area contributed by atoms with Gasteiger partial charge in [0.25, 0.3) is 0 Å². The molecule has 0 aliphatic heterocycles. The van der Waals surface area contributed by atoms with Gasteiger partial charge < -0.3 is 5.73 Å². The van der Waals surface area contributed by atoms with Crippen molar-refractivity contribution >= 4 is 0 Å². The second-order valence-electron chi connectivity index (χ2n) is 5.62. The average Bonchev–Trinajstić information content (AvgIpc) is 2.38. The van der Waals surface area contributed by atoms with E-state index in [9.17, 15) is 0 Å². The van der Waals surface area contributed by atoms with E-state index in [1.54, 1.807) is 0 Å². The van der Waals surface area contributed by atoms with Gasteiger partial charge in [0.1, 0.15) is 0 Å². The third kappa shape index (κ3) is 3.45. The Balaban J connectivity index is 2.48. The van der Waals surface area contributed by atoms with Crippen molar-refractivity contribution in [3.8, 4) is 11.1 Å². The lowest BCUT2D eigenvalue weighted by Crippen LogP contribution is -2.17. The molecule has 0 aliphatic carbocycles. The highest BCUT2D eigenvalue weighted by Crippen LogP contribution is 2.30. The van der Waals surface area contributed by atoms with Gasteiger partial charge in [-0.15, -0.1) is 0 Å². The summed E-state index contributed by atoms with van der Waals surface area (Å²) in [6.45, 7) is 6.54. The molecule has 0 amide bonds. The van der Waals surface area contributed by atoms with Crippen LogP contribution in [0, 0.1) is 0 Å². The first-order valence-electron chi connectivity index (χ1n) is 7.01. The molecule has 0 aromatic heterocycles. The van der Waals surface area contributed by atoms with Crippen LogP contribution in [0.5, 0.6) is 0 Å². The van der Waals surface area contributed by atoms with Crippen molar-refractivity contribution in [2.75, 3.05) is 0 Å². The minimum absolute atomic E-state index is 0.202. The summed E-state index contributed by atoms with van der Waals surface area (Å²) in [5, 5.41) is 0. The van der Waals surface area contributed by atoms with E-state index in [4.69, 9.17) is 5.73 Å². The molecule has 2 aromatic rings. The Bertz CT molecular complexity index is 527. The lowest BCUT2D eigenvalue weighted by Gasteiger charge is -2.16. The topological polar surface area (TPSA) is 26.0 Å². The van der Waals surface area contributed by atoms with E-state index in [1.807, 2.05) is 0 Å². The predicted octanol–water partition coefficient (Wildman–Crippen LogP) is 4.37. The molecule has 1 unspecified atom stereocenters.